The largest absolute Gasteiger partial charge is 0.398 e. The molecule has 0 spiro atoms. The highest BCUT2D eigenvalue weighted by atomic mass is 35.5. The molecule has 0 saturated carbocycles. The monoisotopic (exact) mass is 218 g/mol. The number of benzene rings is 1. The first kappa shape index (κ1) is 9.99. The first-order valence-corrected chi connectivity index (χ1v) is 5.03. The van der Waals surface area contributed by atoms with E-state index in [0.717, 1.165) is 22.5 Å². The van der Waals surface area contributed by atoms with Crippen molar-refractivity contribution in [2.45, 2.75) is 6.92 Å². The quantitative estimate of drug-likeness (QED) is 0.746. The lowest BCUT2D eigenvalue weighted by Gasteiger charge is -2.08. The number of halogens is 1. The van der Waals surface area contributed by atoms with Crippen molar-refractivity contribution in [1.82, 2.24) is 4.98 Å². The number of aryl methyl sites for hydroxylation is 1. The fourth-order valence-corrected chi connectivity index (χ4v) is 1.70. The van der Waals surface area contributed by atoms with Gasteiger partial charge < -0.3 is 5.73 Å². The summed E-state index contributed by atoms with van der Waals surface area (Å²) in [5.41, 5.74) is 9.54. The van der Waals surface area contributed by atoms with Gasteiger partial charge in [-0.3, -0.25) is 4.98 Å². The average Bonchev–Trinajstić information content (AvgIpc) is 2.23. The van der Waals surface area contributed by atoms with Gasteiger partial charge in [0.1, 0.15) is 0 Å². The highest BCUT2D eigenvalue weighted by molar-refractivity contribution is 6.31. The van der Waals surface area contributed by atoms with E-state index in [1.54, 1.807) is 12.3 Å². The molecule has 76 valence electrons. The van der Waals surface area contributed by atoms with Crippen molar-refractivity contribution < 1.29 is 0 Å². The van der Waals surface area contributed by atoms with Crippen LogP contribution in [0.5, 0.6) is 0 Å². The molecule has 2 nitrogen and oxygen atoms in total. The van der Waals surface area contributed by atoms with Crippen molar-refractivity contribution in [3.05, 3.63) is 47.2 Å². The molecule has 1 aromatic carbocycles. The van der Waals surface area contributed by atoms with Crippen LogP contribution >= 0.6 is 11.6 Å². The summed E-state index contributed by atoms with van der Waals surface area (Å²) in [6.45, 7) is 1.95. The summed E-state index contributed by atoms with van der Waals surface area (Å²) in [5.74, 6) is 0. The topological polar surface area (TPSA) is 38.9 Å². The predicted molar refractivity (Wildman–Crippen MR) is 63.8 cm³/mol. The molecule has 0 unspecified atom stereocenters. The van der Waals surface area contributed by atoms with Gasteiger partial charge in [0.25, 0.3) is 0 Å². The van der Waals surface area contributed by atoms with Gasteiger partial charge in [0.15, 0.2) is 0 Å². The molecule has 2 aromatic rings. The highest BCUT2D eigenvalue weighted by Crippen LogP contribution is 2.29. The van der Waals surface area contributed by atoms with Crippen LogP contribution in [0.3, 0.4) is 0 Å². The van der Waals surface area contributed by atoms with Crippen LogP contribution in [-0.2, 0) is 0 Å². The summed E-state index contributed by atoms with van der Waals surface area (Å²) in [6.07, 6.45) is 1.76. The van der Waals surface area contributed by atoms with E-state index in [1.807, 2.05) is 31.2 Å². The van der Waals surface area contributed by atoms with E-state index in [9.17, 15) is 0 Å². The Morgan fingerprint density at radius 3 is 2.73 bits per heavy atom. The van der Waals surface area contributed by atoms with Gasteiger partial charge in [0, 0.05) is 33.7 Å². The lowest BCUT2D eigenvalue weighted by Crippen LogP contribution is -1.92. The summed E-state index contributed by atoms with van der Waals surface area (Å²) in [4.78, 5) is 4.23. The Bertz CT molecular complexity index is 495. The summed E-state index contributed by atoms with van der Waals surface area (Å²) < 4.78 is 0. The molecular formula is C12H11ClN2. The third-order valence-corrected chi connectivity index (χ3v) is 2.55. The molecule has 0 bridgehead atoms. The molecule has 15 heavy (non-hydrogen) atoms. The molecule has 2 rings (SSSR count). The predicted octanol–water partition coefficient (Wildman–Crippen LogP) is 3.29. The van der Waals surface area contributed by atoms with Crippen molar-refractivity contribution in [3.63, 3.8) is 0 Å². The van der Waals surface area contributed by atoms with E-state index in [1.165, 1.54) is 0 Å². The van der Waals surface area contributed by atoms with Crippen molar-refractivity contribution in [2.75, 3.05) is 5.73 Å². The number of nitrogens with two attached hydrogens (primary N) is 1. The van der Waals surface area contributed by atoms with E-state index in [2.05, 4.69) is 4.98 Å². The van der Waals surface area contributed by atoms with Gasteiger partial charge in [0.2, 0.25) is 0 Å². The van der Waals surface area contributed by atoms with Gasteiger partial charge in [-0.25, -0.2) is 0 Å². The Balaban J connectivity index is 2.64. The fraction of sp³-hybridized carbons (Fsp3) is 0.0833. The van der Waals surface area contributed by atoms with Crippen LogP contribution in [0.1, 0.15) is 5.69 Å². The van der Waals surface area contributed by atoms with Crippen LogP contribution in [0.25, 0.3) is 11.1 Å². The third kappa shape index (κ3) is 1.95. The Morgan fingerprint density at radius 2 is 2.00 bits per heavy atom. The molecular weight excluding hydrogens is 208 g/mol. The Morgan fingerprint density at radius 1 is 1.20 bits per heavy atom. The van der Waals surface area contributed by atoms with E-state index in [4.69, 9.17) is 17.3 Å². The van der Waals surface area contributed by atoms with Crippen molar-refractivity contribution in [1.29, 1.82) is 0 Å². The normalized spacial score (nSPS) is 10.3. The minimum Gasteiger partial charge on any atom is -0.398 e. The maximum absolute atomic E-state index is 5.94. The smallest absolute Gasteiger partial charge is 0.0451 e. The molecule has 1 aromatic heterocycles. The number of anilines is 1. The first-order chi connectivity index (χ1) is 7.18. The zero-order valence-corrected chi connectivity index (χ0v) is 9.12. The van der Waals surface area contributed by atoms with Crippen LogP contribution in [0.4, 0.5) is 5.69 Å². The van der Waals surface area contributed by atoms with Gasteiger partial charge in [-0.1, -0.05) is 17.7 Å². The van der Waals surface area contributed by atoms with E-state index in [-0.39, 0.29) is 0 Å². The average molecular weight is 219 g/mol. The highest BCUT2D eigenvalue weighted by Gasteiger charge is 2.06. The number of hydrogen-bond acceptors (Lipinski definition) is 2. The van der Waals surface area contributed by atoms with Gasteiger partial charge in [-0.15, -0.1) is 0 Å². The second kappa shape index (κ2) is 3.91. The summed E-state index contributed by atoms with van der Waals surface area (Å²) in [6, 6.07) is 9.34. The molecule has 3 heteroatoms. The number of pyridine rings is 1. The zero-order valence-electron chi connectivity index (χ0n) is 8.37. The lowest BCUT2D eigenvalue weighted by atomic mass is 10.0. The van der Waals surface area contributed by atoms with E-state index in [0.29, 0.717) is 5.02 Å². The molecule has 0 fully saturated rings. The number of nitrogen functional groups attached to an aromatic ring is 1. The fourth-order valence-electron chi connectivity index (χ4n) is 1.53. The molecule has 1 heterocycles. The summed E-state index contributed by atoms with van der Waals surface area (Å²) in [7, 11) is 0. The summed E-state index contributed by atoms with van der Waals surface area (Å²) in [5, 5.41) is 0.683. The lowest BCUT2D eigenvalue weighted by molar-refractivity contribution is 1.20. The second-order valence-corrected chi connectivity index (χ2v) is 3.80. The zero-order chi connectivity index (χ0) is 10.8. The van der Waals surface area contributed by atoms with Crippen molar-refractivity contribution >= 4 is 17.3 Å². The van der Waals surface area contributed by atoms with Crippen molar-refractivity contribution in [3.8, 4) is 11.1 Å². The minimum absolute atomic E-state index is 0.683. The Kier molecular flexibility index (Phi) is 2.60. The number of rotatable bonds is 1. The van der Waals surface area contributed by atoms with Crippen LogP contribution in [0, 0.1) is 6.92 Å². The van der Waals surface area contributed by atoms with Crippen molar-refractivity contribution in [2.24, 2.45) is 0 Å². The molecule has 2 N–H and O–H groups in total. The molecule has 0 amide bonds. The number of aromatic nitrogens is 1. The van der Waals surface area contributed by atoms with Crippen LogP contribution in [-0.4, -0.2) is 4.98 Å². The Labute approximate surface area is 93.7 Å². The van der Waals surface area contributed by atoms with Crippen LogP contribution in [0.15, 0.2) is 36.5 Å². The van der Waals surface area contributed by atoms with Crippen LogP contribution in [0.2, 0.25) is 5.02 Å². The molecule has 0 aliphatic rings. The first-order valence-electron chi connectivity index (χ1n) is 4.65. The molecule has 0 atom stereocenters. The molecule has 0 saturated heterocycles. The number of hydrogen-bond donors (Lipinski definition) is 1. The maximum atomic E-state index is 5.94. The molecule has 0 aliphatic carbocycles. The number of nitrogens with zero attached hydrogens (tertiary/aromatic N) is 1. The second-order valence-electron chi connectivity index (χ2n) is 3.37. The summed E-state index contributed by atoms with van der Waals surface area (Å²) >= 11 is 5.94. The van der Waals surface area contributed by atoms with Crippen LogP contribution < -0.4 is 5.73 Å². The van der Waals surface area contributed by atoms with Gasteiger partial charge in [-0.2, -0.15) is 0 Å². The molecule has 0 radical (unpaired) electrons. The van der Waals surface area contributed by atoms with Gasteiger partial charge in [-0.05, 0) is 31.2 Å². The Hall–Kier alpha value is -1.54. The maximum Gasteiger partial charge on any atom is 0.0451 e. The SMILES string of the molecule is Cc1ncccc1-c1cc(Cl)ccc1N. The standard InChI is InChI=1S/C12H11ClN2/c1-8-10(3-2-6-15-8)11-7-9(13)4-5-12(11)14/h2-7H,14H2,1H3. The van der Waals surface area contributed by atoms with E-state index >= 15 is 0 Å². The molecule has 0 aliphatic heterocycles. The third-order valence-electron chi connectivity index (χ3n) is 2.31. The minimum atomic E-state index is 0.683. The van der Waals surface area contributed by atoms with E-state index < -0.39 is 0 Å². The van der Waals surface area contributed by atoms with Gasteiger partial charge in [0.05, 0.1) is 0 Å². The van der Waals surface area contributed by atoms with Gasteiger partial charge >= 0.3 is 0 Å².